The Morgan fingerprint density at radius 2 is 2.15 bits per heavy atom. The summed E-state index contributed by atoms with van der Waals surface area (Å²) >= 11 is 1.52. The van der Waals surface area contributed by atoms with Gasteiger partial charge >= 0.3 is 0 Å². The highest BCUT2D eigenvalue weighted by molar-refractivity contribution is 7.15. The number of hydrogen-bond acceptors (Lipinski definition) is 5. The van der Waals surface area contributed by atoms with Crippen LogP contribution in [0.3, 0.4) is 0 Å². The second-order valence-electron chi connectivity index (χ2n) is 3.80. The number of aromatic nitrogens is 2. The number of rotatable bonds is 4. The minimum atomic E-state index is -0.112. The van der Waals surface area contributed by atoms with Gasteiger partial charge < -0.3 is 10.4 Å². The molecule has 0 fully saturated rings. The van der Waals surface area contributed by atoms with Crippen molar-refractivity contribution in [3.05, 3.63) is 5.01 Å². The van der Waals surface area contributed by atoms with E-state index in [4.69, 9.17) is 5.11 Å². The molecule has 2 N–H and O–H groups in total. The second-order valence-corrected chi connectivity index (χ2v) is 4.98. The molecule has 1 aromatic rings. The molecule has 1 heterocycles. The van der Waals surface area contributed by atoms with Crippen molar-refractivity contribution in [2.45, 2.75) is 20.8 Å². The van der Waals surface area contributed by atoms with Gasteiger partial charge in [-0.25, -0.2) is 0 Å². The van der Waals surface area contributed by atoms with Gasteiger partial charge in [-0.1, -0.05) is 25.2 Å². The number of aliphatic hydroxyl groups excluding tert-OH is 1. The van der Waals surface area contributed by atoms with Crippen molar-refractivity contribution in [1.29, 1.82) is 0 Å². The molecule has 0 aliphatic heterocycles. The van der Waals surface area contributed by atoms with Gasteiger partial charge in [0.2, 0.25) is 5.13 Å². The van der Waals surface area contributed by atoms with Crippen LogP contribution in [0.2, 0.25) is 0 Å². The predicted molar refractivity (Wildman–Crippen MR) is 54.0 cm³/mol. The standard InChI is InChI=1S/C8H15N3OS/c1-6-10-11-7(13-6)9-4-8(2,3)5-12/h12H,4-5H2,1-3H3,(H,9,11). The van der Waals surface area contributed by atoms with Gasteiger partial charge in [-0.2, -0.15) is 0 Å². The second kappa shape index (κ2) is 4.02. The van der Waals surface area contributed by atoms with Gasteiger partial charge in [-0.15, -0.1) is 10.2 Å². The first-order chi connectivity index (χ1) is 6.03. The molecule has 0 radical (unpaired) electrons. The molecule has 0 unspecified atom stereocenters. The largest absolute Gasteiger partial charge is 0.396 e. The summed E-state index contributed by atoms with van der Waals surface area (Å²) in [4.78, 5) is 0. The zero-order chi connectivity index (χ0) is 9.90. The molecule has 74 valence electrons. The summed E-state index contributed by atoms with van der Waals surface area (Å²) < 4.78 is 0. The summed E-state index contributed by atoms with van der Waals surface area (Å²) in [7, 11) is 0. The molecule has 0 amide bonds. The molecule has 4 nitrogen and oxygen atoms in total. The SMILES string of the molecule is Cc1nnc(NCC(C)(C)CO)s1. The molecule has 0 spiro atoms. The quantitative estimate of drug-likeness (QED) is 0.770. The summed E-state index contributed by atoms with van der Waals surface area (Å²) in [6, 6.07) is 0. The molecule has 0 saturated carbocycles. The Hall–Kier alpha value is -0.680. The normalized spacial score (nSPS) is 11.7. The van der Waals surface area contributed by atoms with Crippen molar-refractivity contribution in [3.8, 4) is 0 Å². The molecule has 0 aromatic carbocycles. The summed E-state index contributed by atoms with van der Waals surface area (Å²) in [6.07, 6.45) is 0. The topological polar surface area (TPSA) is 58.0 Å². The van der Waals surface area contributed by atoms with Gasteiger partial charge in [0.05, 0.1) is 0 Å². The molecule has 0 atom stereocenters. The van der Waals surface area contributed by atoms with Gasteiger partial charge in [-0.05, 0) is 6.92 Å². The van der Waals surface area contributed by atoms with Crippen molar-refractivity contribution in [1.82, 2.24) is 10.2 Å². The molecular formula is C8H15N3OS. The third-order valence-electron chi connectivity index (χ3n) is 1.67. The lowest BCUT2D eigenvalue weighted by molar-refractivity contribution is 0.171. The summed E-state index contributed by atoms with van der Waals surface area (Å²) in [5, 5.41) is 21.7. The maximum absolute atomic E-state index is 9.00. The fourth-order valence-corrected chi connectivity index (χ4v) is 1.33. The van der Waals surface area contributed by atoms with E-state index < -0.39 is 0 Å². The van der Waals surface area contributed by atoms with Gasteiger partial charge in [-0.3, -0.25) is 0 Å². The molecule has 0 saturated heterocycles. The van der Waals surface area contributed by atoms with Crippen molar-refractivity contribution in [3.63, 3.8) is 0 Å². The molecule has 1 rings (SSSR count). The van der Waals surface area contributed by atoms with E-state index >= 15 is 0 Å². The fraction of sp³-hybridized carbons (Fsp3) is 0.750. The number of aliphatic hydroxyl groups is 1. The third-order valence-corrected chi connectivity index (χ3v) is 2.47. The van der Waals surface area contributed by atoms with E-state index in [1.807, 2.05) is 20.8 Å². The Kier molecular flexibility index (Phi) is 3.22. The van der Waals surface area contributed by atoms with Crippen LogP contribution in [0.5, 0.6) is 0 Å². The number of nitrogens with one attached hydrogen (secondary N) is 1. The predicted octanol–water partition coefficient (Wildman–Crippen LogP) is 1.28. The summed E-state index contributed by atoms with van der Waals surface area (Å²) in [5.74, 6) is 0. The lowest BCUT2D eigenvalue weighted by Gasteiger charge is -2.21. The van der Waals surface area contributed by atoms with Gasteiger partial charge in [0.25, 0.3) is 0 Å². The van der Waals surface area contributed by atoms with Crippen molar-refractivity contribution in [2.24, 2.45) is 5.41 Å². The highest BCUT2D eigenvalue weighted by atomic mass is 32.1. The van der Waals surface area contributed by atoms with Crippen molar-refractivity contribution < 1.29 is 5.11 Å². The van der Waals surface area contributed by atoms with Gasteiger partial charge in [0.15, 0.2) is 0 Å². The van der Waals surface area contributed by atoms with E-state index in [2.05, 4.69) is 15.5 Å². The molecule has 13 heavy (non-hydrogen) atoms. The van der Waals surface area contributed by atoms with Crippen LogP contribution in [0.4, 0.5) is 5.13 Å². The number of nitrogens with zero attached hydrogens (tertiary/aromatic N) is 2. The van der Waals surface area contributed by atoms with Gasteiger partial charge in [0, 0.05) is 18.6 Å². The van der Waals surface area contributed by atoms with E-state index in [0.29, 0.717) is 6.54 Å². The van der Waals surface area contributed by atoms with Crippen LogP contribution in [0.1, 0.15) is 18.9 Å². The molecule has 0 bridgehead atoms. The Balaban J connectivity index is 2.43. The third kappa shape index (κ3) is 3.28. The van der Waals surface area contributed by atoms with E-state index in [1.54, 1.807) is 0 Å². The van der Waals surface area contributed by atoms with E-state index in [1.165, 1.54) is 11.3 Å². The van der Waals surface area contributed by atoms with Gasteiger partial charge in [0.1, 0.15) is 5.01 Å². The first-order valence-corrected chi connectivity index (χ1v) is 5.00. The molecular weight excluding hydrogens is 186 g/mol. The maximum atomic E-state index is 9.00. The first kappa shape index (κ1) is 10.4. The number of anilines is 1. The smallest absolute Gasteiger partial charge is 0.205 e. The van der Waals surface area contributed by atoms with Crippen molar-refractivity contribution in [2.75, 3.05) is 18.5 Å². The maximum Gasteiger partial charge on any atom is 0.205 e. The Morgan fingerprint density at radius 1 is 1.46 bits per heavy atom. The lowest BCUT2D eigenvalue weighted by atomic mass is 9.95. The minimum absolute atomic E-state index is 0.112. The van der Waals surface area contributed by atoms with Crippen molar-refractivity contribution >= 4 is 16.5 Å². The minimum Gasteiger partial charge on any atom is -0.396 e. The summed E-state index contributed by atoms with van der Waals surface area (Å²) in [6.45, 7) is 6.78. The van der Waals surface area contributed by atoms with Crippen LogP contribution in [0.25, 0.3) is 0 Å². The van der Waals surface area contributed by atoms with E-state index in [-0.39, 0.29) is 12.0 Å². The molecule has 1 aromatic heterocycles. The Bertz CT molecular complexity index is 272. The Labute approximate surface area is 82.0 Å². The molecule has 0 aliphatic carbocycles. The van der Waals surface area contributed by atoms with Crippen LogP contribution in [0, 0.1) is 12.3 Å². The Morgan fingerprint density at radius 3 is 2.62 bits per heavy atom. The zero-order valence-electron chi connectivity index (χ0n) is 8.16. The number of hydrogen-bond donors (Lipinski definition) is 2. The van der Waals surface area contributed by atoms with E-state index in [0.717, 1.165) is 10.1 Å². The average Bonchev–Trinajstić information content (AvgIpc) is 2.48. The van der Waals surface area contributed by atoms with Crippen LogP contribution < -0.4 is 5.32 Å². The van der Waals surface area contributed by atoms with E-state index in [9.17, 15) is 0 Å². The fourth-order valence-electron chi connectivity index (χ4n) is 0.739. The van der Waals surface area contributed by atoms with Crippen LogP contribution in [-0.2, 0) is 0 Å². The van der Waals surface area contributed by atoms with Crippen LogP contribution in [0.15, 0.2) is 0 Å². The molecule has 5 heteroatoms. The first-order valence-electron chi connectivity index (χ1n) is 4.18. The summed E-state index contributed by atoms with van der Waals surface area (Å²) in [5.41, 5.74) is -0.112. The van der Waals surface area contributed by atoms with Crippen LogP contribution in [-0.4, -0.2) is 28.5 Å². The number of aryl methyl sites for hydroxylation is 1. The highest BCUT2D eigenvalue weighted by Gasteiger charge is 2.16. The monoisotopic (exact) mass is 201 g/mol. The zero-order valence-corrected chi connectivity index (χ0v) is 8.98. The van der Waals surface area contributed by atoms with Crippen LogP contribution >= 0.6 is 11.3 Å². The average molecular weight is 201 g/mol. The lowest BCUT2D eigenvalue weighted by Crippen LogP contribution is -2.26. The highest BCUT2D eigenvalue weighted by Crippen LogP contribution is 2.18. The molecule has 0 aliphatic rings.